The van der Waals surface area contributed by atoms with Crippen LogP contribution in [0.1, 0.15) is 25.7 Å². The second-order valence-electron chi connectivity index (χ2n) is 4.42. The molecule has 0 atom stereocenters. The molecule has 0 saturated heterocycles. The topological polar surface area (TPSA) is 58.2 Å². The molecule has 0 unspecified atom stereocenters. The van der Waals surface area contributed by atoms with Crippen molar-refractivity contribution in [2.45, 2.75) is 31.7 Å². The van der Waals surface area contributed by atoms with Gasteiger partial charge in [-0.1, -0.05) is 34.8 Å². The second kappa shape index (κ2) is 6.00. The summed E-state index contributed by atoms with van der Waals surface area (Å²) in [5.41, 5.74) is 0.607. The van der Waals surface area contributed by atoms with Crippen molar-refractivity contribution < 1.29 is 9.59 Å². The zero-order valence-electron chi connectivity index (χ0n) is 9.91. The van der Waals surface area contributed by atoms with Gasteiger partial charge < -0.3 is 10.6 Å². The van der Waals surface area contributed by atoms with Crippen LogP contribution in [-0.4, -0.2) is 17.9 Å². The van der Waals surface area contributed by atoms with Crippen LogP contribution < -0.4 is 10.6 Å². The summed E-state index contributed by atoms with van der Waals surface area (Å²) in [7, 11) is 0. The van der Waals surface area contributed by atoms with Crippen LogP contribution in [0.25, 0.3) is 0 Å². The summed E-state index contributed by atoms with van der Waals surface area (Å²) in [4.78, 5) is 23.3. The van der Waals surface area contributed by atoms with Gasteiger partial charge in [-0.05, 0) is 31.0 Å². The van der Waals surface area contributed by atoms with Crippen LogP contribution in [0.15, 0.2) is 28.7 Å². The van der Waals surface area contributed by atoms with E-state index in [1.54, 1.807) is 18.2 Å². The van der Waals surface area contributed by atoms with E-state index in [9.17, 15) is 9.59 Å². The van der Waals surface area contributed by atoms with Crippen LogP contribution in [0.5, 0.6) is 0 Å². The largest absolute Gasteiger partial charge is 0.345 e. The number of rotatable bonds is 2. The van der Waals surface area contributed by atoms with Crippen LogP contribution in [0.3, 0.4) is 0 Å². The zero-order chi connectivity index (χ0) is 13.0. The summed E-state index contributed by atoms with van der Waals surface area (Å²) in [5.74, 6) is -1.16. The highest BCUT2D eigenvalue weighted by Gasteiger charge is 2.21. The van der Waals surface area contributed by atoms with Gasteiger partial charge in [0.15, 0.2) is 0 Å². The van der Waals surface area contributed by atoms with E-state index in [2.05, 4.69) is 26.6 Å². The first kappa shape index (κ1) is 13.1. The van der Waals surface area contributed by atoms with Crippen LogP contribution in [0, 0.1) is 0 Å². The Labute approximate surface area is 114 Å². The Morgan fingerprint density at radius 1 is 1.17 bits per heavy atom. The number of halogens is 1. The van der Waals surface area contributed by atoms with Crippen molar-refractivity contribution in [2.24, 2.45) is 0 Å². The first-order valence-electron chi connectivity index (χ1n) is 6.02. The van der Waals surface area contributed by atoms with Crippen molar-refractivity contribution in [3.05, 3.63) is 28.7 Å². The summed E-state index contributed by atoms with van der Waals surface area (Å²) < 4.78 is 0.858. The molecule has 0 aromatic heterocycles. The molecule has 0 bridgehead atoms. The molecule has 4 nitrogen and oxygen atoms in total. The predicted molar refractivity (Wildman–Crippen MR) is 73.2 cm³/mol. The van der Waals surface area contributed by atoms with Crippen molar-refractivity contribution in [3.63, 3.8) is 0 Å². The summed E-state index contributed by atoms with van der Waals surface area (Å²) in [6.07, 6.45) is 4.18. The molecule has 5 heteroatoms. The van der Waals surface area contributed by atoms with Gasteiger partial charge in [0.2, 0.25) is 0 Å². The minimum absolute atomic E-state index is 0.158. The van der Waals surface area contributed by atoms with Crippen molar-refractivity contribution in [3.8, 4) is 0 Å². The maximum absolute atomic E-state index is 11.7. The summed E-state index contributed by atoms with van der Waals surface area (Å²) in [6, 6.07) is 7.31. The highest BCUT2D eigenvalue weighted by atomic mass is 79.9. The minimum Gasteiger partial charge on any atom is -0.345 e. The van der Waals surface area contributed by atoms with E-state index < -0.39 is 11.8 Å². The molecule has 0 aliphatic heterocycles. The Hall–Kier alpha value is -1.36. The average Bonchev–Trinajstić information content (AvgIpc) is 2.81. The third kappa shape index (κ3) is 3.57. The number of carbonyl (C=O) groups is 2. The van der Waals surface area contributed by atoms with Crippen molar-refractivity contribution in [1.82, 2.24) is 5.32 Å². The van der Waals surface area contributed by atoms with Gasteiger partial charge in [-0.25, -0.2) is 0 Å². The molecular formula is C13H15BrN2O2. The quantitative estimate of drug-likeness (QED) is 0.824. The standard InChI is InChI=1S/C13H15BrN2O2/c14-9-4-3-7-11(8-9)16-13(18)12(17)15-10-5-1-2-6-10/h3-4,7-8,10H,1-2,5-6H2,(H,15,17)(H,16,18). The Balaban J connectivity index is 1.88. The number of hydrogen-bond donors (Lipinski definition) is 2. The minimum atomic E-state index is -0.611. The first-order chi connectivity index (χ1) is 8.65. The second-order valence-corrected chi connectivity index (χ2v) is 5.33. The lowest BCUT2D eigenvalue weighted by Crippen LogP contribution is -2.40. The van der Waals surface area contributed by atoms with Gasteiger partial charge in [0, 0.05) is 16.2 Å². The number of nitrogens with one attached hydrogen (secondary N) is 2. The first-order valence-corrected chi connectivity index (χ1v) is 6.82. The average molecular weight is 311 g/mol. The lowest BCUT2D eigenvalue weighted by molar-refractivity contribution is -0.136. The molecular weight excluding hydrogens is 296 g/mol. The number of carbonyl (C=O) groups excluding carboxylic acids is 2. The summed E-state index contributed by atoms with van der Waals surface area (Å²) in [6.45, 7) is 0. The lowest BCUT2D eigenvalue weighted by atomic mass is 10.2. The van der Waals surface area contributed by atoms with E-state index in [1.165, 1.54) is 0 Å². The maximum atomic E-state index is 11.7. The lowest BCUT2D eigenvalue weighted by Gasteiger charge is -2.11. The van der Waals surface area contributed by atoms with Crippen molar-refractivity contribution in [1.29, 1.82) is 0 Å². The van der Waals surface area contributed by atoms with E-state index in [0.717, 1.165) is 30.2 Å². The van der Waals surface area contributed by atoms with E-state index >= 15 is 0 Å². The van der Waals surface area contributed by atoms with Crippen molar-refractivity contribution >= 4 is 33.4 Å². The molecule has 1 saturated carbocycles. The molecule has 2 amide bonds. The van der Waals surface area contributed by atoms with Gasteiger partial charge in [0.1, 0.15) is 0 Å². The molecule has 0 heterocycles. The third-order valence-electron chi connectivity index (χ3n) is 2.98. The van der Waals surface area contributed by atoms with Gasteiger partial charge in [-0.15, -0.1) is 0 Å². The summed E-state index contributed by atoms with van der Waals surface area (Å²) in [5, 5.41) is 5.33. The Kier molecular flexibility index (Phi) is 4.36. The number of benzene rings is 1. The molecule has 18 heavy (non-hydrogen) atoms. The van der Waals surface area contributed by atoms with E-state index in [-0.39, 0.29) is 6.04 Å². The SMILES string of the molecule is O=C(Nc1cccc(Br)c1)C(=O)NC1CCCC1. The zero-order valence-corrected chi connectivity index (χ0v) is 11.5. The number of hydrogen-bond acceptors (Lipinski definition) is 2. The van der Waals surface area contributed by atoms with E-state index in [4.69, 9.17) is 0 Å². The Morgan fingerprint density at radius 3 is 2.56 bits per heavy atom. The molecule has 2 N–H and O–H groups in total. The Bertz CT molecular complexity index is 456. The fourth-order valence-electron chi connectivity index (χ4n) is 2.08. The molecule has 96 valence electrons. The fourth-order valence-corrected chi connectivity index (χ4v) is 2.47. The van der Waals surface area contributed by atoms with Gasteiger partial charge in [-0.2, -0.15) is 0 Å². The number of anilines is 1. The van der Waals surface area contributed by atoms with Crippen molar-refractivity contribution in [2.75, 3.05) is 5.32 Å². The van der Waals surface area contributed by atoms with Gasteiger partial charge >= 0.3 is 11.8 Å². The van der Waals surface area contributed by atoms with Crippen LogP contribution >= 0.6 is 15.9 Å². The molecule has 0 spiro atoms. The van der Waals surface area contributed by atoms with Gasteiger partial charge in [0.05, 0.1) is 0 Å². The van der Waals surface area contributed by atoms with Crippen LogP contribution in [0.2, 0.25) is 0 Å². The fraction of sp³-hybridized carbons (Fsp3) is 0.385. The molecule has 1 aromatic rings. The van der Waals surface area contributed by atoms with Gasteiger partial charge in [-0.3, -0.25) is 9.59 Å². The van der Waals surface area contributed by atoms with Crippen LogP contribution in [0.4, 0.5) is 5.69 Å². The normalized spacial score (nSPS) is 15.4. The molecule has 2 rings (SSSR count). The highest BCUT2D eigenvalue weighted by Crippen LogP contribution is 2.18. The molecule has 0 radical (unpaired) electrons. The smallest absolute Gasteiger partial charge is 0.313 e. The predicted octanol–water partition coefficient (Wildman–Crippen LogP) is 2.45. The molecule has 1 fully saturated rings. The molecule has 1 aliphatic rings. The monoisotopic (exact) mass is 310 g/mol. The van der Waals surface area contributed by atoms with E-state index in [0.29, 0.717) is 5.69 Å². The molecule has 1 aliphatic carbocycles. The van der Waals surface area contributed by atoms with Gasteiger partial charge in [0.25, 0.3) is 0 Å². The number of amides is 2. The summed E-state index contributed by atoms with van der Waals surface area (Å²) >= 11 is 3.31. The highest BCUT2D eigenvalue weighted by molar-refractivity contribution is 9.10. The molecule has 1 aromatic carbocycles. The van der Waals surface area contributed by atoms with Crippen LogP contribution in [-0.2, 0) is 9.59 Å². The van der Waals surface area contributed by atoms with E-state index in [1.807, 2.05) is 6.07 Å². The Morgan fingerprint density at radius 2 is 1.89 bits per heavy atom. The maximum Gasteiger partial charge on any atom is 0.313 e. The third-order valence-corrected chi connectivity index (χ3v) is 3.47.